The number of hydrogen-bond acceptors (Lipinski definition) is 4. The average Bonchev–Trinajstić information content (AvgIpc) is 2.78. The molecule has 0 amide bonds. The molecule has 0 N–H and O–H groups in total. The van der Waals surface area contributed by atoms with Crippen LogP contribution in [0.15, 0.2) is 35.0 Å². The predicted molar refractivity (Wildman–Crippen MR) is 128 cm³/mol. The summed E-state index contributed by atoms with van der Waals surface area (Å²) in [7, 11) is 1.74. The number of hydrogen-bond donors (Lipinski definition) is 0. The van der Waals surface area contributed by atoms with Gasteiger partial charge in [-0.25, -0.2) is 0 Å². The minimum Gasteiger partial charge on any atom is -0.496 e. The molecule has 1 aliphatic rings. The fraction of sp³-hybridized carbons (Fsp3) is 0.654. The molecule has 30 heavy (non-hydrogen) atoms. The van der Waals surface area contributed by atoms with E-state index in [2.05, 4.69) is 43.9 Å². The minimum absolute atomic E-state index is 0.505. The zero-order valence-electron chi connectivity index (χ0n) is 19.7. The highest BCUT2D eigenvalue weighted by molar-refractivity contribution is 6.05. The van der Waals surface area contributed by atoms with Gasteiger partial charge in [-0.3, -0.25) is 0 Å². The molecule has 2 rings (SSSR count). The molecule has 0 unspecified atom stereocenters. The summed E-state index contributed by atoms with van der Waals surface area (Å²) >= 11 is 0. The van der Waals surface area contributed by atoms with E-state index < -0.39 is 0 Å². The first kappa shape index (κ1) is 24.5. The Morgan fingerprint density at radius 2 is 1.90 bits per heavy atom. The Labute approximate surface area is 184 Å². The number of ether oxygens (including phenoxy) is 1. The van der Waals surface area contributed by atoms with Gasteiger partial charge in [-0.2, -0.15) is 0 Å². The fourth-order valence-corrected chi connectivity index (χ4v) is 4.24. The second-order valence-electron chi connectivity index (χ2n) is 8.19. The van der Waals surface area contributed by atoms with Crippen LogP contribution in [0.1, 0.15) is 77.7 Å². The maximum Gasteiger partial charge on any atom is 0.129 e. The summed E-state index contributed by atoms with van der Waals surface area (Å²) in [4.78, 5) is 8.23. The van der Waals surface area contributed by atoms with Crippen LogP contribution in [0.4, 0.5) is 0 Å². The largest absolute Gasteiger partial charge is 0.496 e. The molecule has 1 atom stereocenters. The molecule has 1 aliphatic carbocycles. The molecule has 0 radical (unpaired) electrons. The average molecular weight is 415 g/mol. The number of methoxy groups -OCH3 is 1. The van der Waals surface area contributed by atoms with E-state index in [1.165, 1.54) is 56.2 Å². The summed E-state index contributed by atoms with van der Waals surface area (Å²) in [6.45, 7) is 10.3. The van der Waals surface area contributed by atoms with Crippen molar-refractivity contribution < 1.29 is 9.57 Å². The predicted octanol–water partition coefficient (Wildman–Crippen LogP) is 6.56. The molecular formula is C26H42N2O2. The van der Waals surface area contributed by atoms with Crippen molar-refractivity contribution in [2.45, 2.75) is 72.1 Å². The first-order valence-electron chi connectivity index (χ1n) is 12.0. The molecule has 4 nitrogen and oxygen atoms in total. The van der Waals surface area contributed by atoms with Crippen LogP contribution in [0.2, 0.25) is 0 Å². The molecule has 1 saturated carbocycles. The number of oxime groups is 1. The number of para-hydroxylation sites is 1. The standard InChI is InChI=1S/C26H42N2O2/c1-5-8-9-10-14-22-16-13-17-24(21-23-15-11-12-18-25(23)29-4)26(22)27-30-20-19-28(6-2)7-3/h11-12,15,18,21-22H,5-10,13-14,16-17,19-20H2,1-4H3/t22-/m0/s1. The molecule has 0 aliphatic heterocycles. The maximum atomic E-state index is 5.86. The van der Waals surface area contributed by atoms with E-state index in [0.29, 0.717) is 12.5 Å². The van der Waals surface area contributed by atoms with Crippen molar-refractivity contribution in [1.82, 2.24) is 4.90 Å². The van der Waals surface area contributed by atoms with E-state index in [9.17, 15) is 0 Å². The van der Waals surface area contributed by atoms with Crippen LogP contribution in [-0.2, 0) is 4.84 Å². The van der Waals surface area contributed by atoms with E-state index in [4.69, 9.17) is 14.7 Å². The van der Waals surface area contributed by atoms with Crippen molar-refractivity contribution in [1.29, 1.82) is 0 Å². The molecule has 0 heterocycles. The molecule has 4 heteroatoms. The number of likely N-dealkylation sites (N-methyl/N-ethyl adjacent to an activating group) is 1. The number of benzene rings is 1. The zero-order valence-corrected chi connectivity index (χ0v) is 19.7. The second-order valence-corrected chi connectivity index (χ2v) is 8.19. The maximum absolute atomic E-state index is 5.86. The van der Waals surface area contributed by atoms with Crippen LogP contribution in [0.3, 0.4) is 0 Å². The van der Waals surface area contributed by atoms with Gasteiger partial charge < -0.3 is 14.5 Å². The molecule has 0 bridgehead atoms. The van der Waals surface area contributed by atoms with Crippen molar-refractivity contribution in [3.8, 4) is 5.75 Å². The third-order valence-corrected chi connectivity index (χ3v) is 6.15. The third kappa shape index (κ3) is 7.79. The summed E-state index contributed by atoms with van der Waals surface area (Å²) in [5, 5.41) is 4.72. The van der Waals surface area contributed by atoms with Gasteiger partial charge in [0.15, 0.2) is 0 Å². The third-order valence-electron chi connectivity index (χ3n) is 6.15. The SMILES string of the molecule is CCCCCC[C@H]1CCCC(=Cc2ccccc2OC)C1=NOCCN(CC)CC. The van der Waals surface area contributed by atoms with Crippen LogP contribution in [0.25, 0.3) is 6.08 Å². The molecule has 168 valence electrons. The number of nitrogens with zero attached hydrogens (tertiary/aromatic N) is 2. The molecular weight excluding hydrogens is 372 g/mol. The van der Waals surface area contributed by atoms with E-state index in [1.54, 1.807) is 7.11 Å². The lowest BCUT2D eigenvalue weighted by atomic mass is 9.80. The van der Waals surface area contributed by atoms with Crippen molar-refractivity contribution in [3.63, 3.8) is 0 Å². The van der Waals surface area contributed by atoms with Crippen LogP contribution in [-0.4, -0.2) is 44.0 Å². The number of unbranched alkanes of at least 4 members (excludes halogenated alkanes) is 3. The molecule has 1 aromatic carbocycles. The number of rotatable bonds is 13. The van der Waals surface area contributed by atoms with Gasteiger partial charge in [0, 0.05) is 18.0 Å². The van der Waals surface area contributed by atoms with Gasteiger partial charge in [0.05, 0.1) is 12.8 Å². The zero-order chi connectivity index (χ0) is 21.6. The lowest BCUT2D eigenvalue weighted by Crippen LogP contribution is -2.27. The number of allylic oxidation sites excluding steroid dienone is 1. The van der Waals surface area contributed by atoms with Gasteiger partial charge >= 0.3 is 0 Å². The molecule has 1 fully saturated rings. The highest BCUT2D eigenvalue weighted by atomic mass is 16.6. The normalized spacial score (nSPS) is 19.6. The molecule has 1 aromatic rings. The van der Waals surface area contributed by atoms with Crippen LogP contribution < -0.4 is 4.74 Å². The first-order valence-corrected chi connectivity index (χ1v) is 12.0. The minimum atomic E-state index is 0.505. The highest BCUT2D eigenvalue weighted by Gasteiger charge is 2.25. The topological polar surface area (TPSA) is 34.1 Å². The van der Waals surface area contributed by atoms with Gasteiger partial charge in [0.25, 0.3) is 0 Å². The summed E-state index contributed by atoms with van der Waals surface area (Å²) in [6.07, 6.45) is 12.2. The summed E-state index contributed by atoms with van der Waals surface area (Å²) in [5.74, 6) is 1.42. The Balaban J connectivity index is 2.17. The Kier molecular flexibility index (Phi) is 11.6. The van der Waals surface area contributed by atoms with E-state index in [0.717, 1.165) is 37.4 Å². The van der Waals surface area contributed by atoms with Crippen molar-refractivity contribution >= 4 is 11.8 Å². The van der Waals surface area contributed by atoms with Crippen LogP contribution in [0.5, 0.6) is 5.75 Å². The Bertz CT molecular complexity index is 665. The van der Waals surface area contributed by atoms with Gasteiger partial charge in [-0.05, 0) is 56.5 Å². The summed E-state index contributed by atoms with van der Waals surface area (Å²) < 4.78 is 5.57. The van der Waals surface area contributed by atoms with Crippen molar-refractivity contribution in [2.75, 3.05) is 33.4 Å². The second kappa shape index (κ2) is 14.2. The van der Waals surface area contributed by atoms with E-state index in [-0.39, 0.29) is 0 Å². The molecule has 0 spiro atoms. The van der Waals surface area contributed by atoms with Gasteiger partial charge in [-0.15, -0.1) is 0 Å². The van der Waals surface area contributed by atoms with Crippen molar-refractivity contribution in [2.24, 2.45) is 11.1 Å². The highest BCUT2D eigenvalue weighted by Crippen LogP contribution is 2.33. The first-order chi connectivity index (χ1) is 14.7. The molecule has 0 aromatic heterocycles. The lowest BCUT2D eigenvalue weighted by molar-refractivity contribution is 0.112. The Morgan fingerprint density at radius 1 is 1.10 bits per heavy atom. The van der Waals surface area contributed by atoms with Gasteiger partial charge in [0.1, 0.15) is 12.4 Å². The summed E-state index contributed by atoms with van der Waals surface area (Å²) in [6, 6.07) is 8.23. The monoisotopic (exact) mass is 414 g/mol. The van der Waals surface area contributed by atoms with Crippen molar-refractivity contribution in [3.05, 3.63) is 35.4 Å². The van der Waals surface area contributed by atoms with E-state index >= 15 is 0 Å². The fourth-order valence-electron chi connectivity index (χ4n) is 4.24. The Morgan fingerprint density at radius 3 is 2.63 bits per heavy atom. The quantitative estimate of drug-likeness (QED) is 0.271. The smallest absolute Gasteiger partial charge is 0.129 e. The summed E-state index contributed by atoms with van der Waals surface area (Å²) in [5.41, 5.74) is 3.61. The lowest BCUT2D eigenvalue weighted by Gasteiger charge is -2.26. The van der Waals surface area contributed by atoms with Crippen LogP contribution in [0, 0.1) is 5.92 Å². The Hall–Kier alpha value is -1.81. The van der Waals surface area contributed by atoms with Gasteiger partial charge in [-0.1, -0.05) is 69.8 Å². The van der Waals surface area contributed by atoms with E-state index in [1.807, 2.05) is 12.1 Å². The van der Waals surface area contributed by atoms with Gasteiger partial charge in [0.2, 0.25) is 0 Å². The van der Waals surface area contributed by atoms with Crippen LogP contribution >= 0.6 is 0 Å². The molecule has 0 saturated heterocycles.